The van der Waals surface area contributed by atoms with Crippen LogP contribution in [0.15, 0.2) is 133 Å². The Labute approximate surface area is 252 Å². The largest absolute Gasteiger partial charge is 0.489 e. The molecule has 5 rings (SSSR count). The Balaban J connectivity index is 1.44. The Morgan fingerprint density at radius 2 is 0.930 bits per heavy atom. The minimum Gasteiger partial charge on any atom is -0.489 e. The Kier molecular flexibility index (Phi) is 9.89. The first kappa shape index (κ1) is 29.2. The molecular weight excluding hydrogens is 536 g/mol. The highest BCUT2D eigenvalue weighted by Gasteiger charge is 2.14. The van der Waals surface area contributed by atoms with Crippen LogP contribution in [0.5, 0.6) is 17.2 Å². The summed E-state index contributed by atoms with van der Waals surface area (Å²) in [5.41, 5.74) is 7.65. The summed E-state index contributed by atoms with van der Waals surface area (Å²) >= 11 is 0. The predicted molar refractivity (Wildman–Crippen MR) is 170 cm³/mol. The lowest BCUT2D eigenvalue weighted by atomic mass is 9.88. The molecule has 0 spiro atoms. The summed E-state index contributed by atoms with van der Waals surface area (Å²) in [7, 11) is 0. The highest BCUT2D eigenvalue weighted by Crippen LogP contribution is 2.36. The van der Waals surface area contributed by atoms with Crippen LogP contribution in [0.2, 0.25) is 0 Å². The number of carboxylic acids is 1. The van der Waals surface area contributed by atoms with Gasteiger partial charge in [0.15, 0.2) is 6.61 Å². The minimum atomic E-state index is -1.01. The normalized spacial score (nSPS) is 10.5. The lowest BCUT2D eigenvalue weighted by Gasteiger charge is -2.18. The Morgan fingerprint density at radius 1 is 0.535 bits per heavy atom. The van der Waals surface area contributed by atoms with Crippen molar-refractivity contribution >= 4 is 17.1 Å². The van der Waals surface area contributed by atoms with E-state index in [1.165, 1.54) is 0 Å². The topological polar surface area (TPSA) is 65.0 Å². The fourth-order valence-electron chi connectivity index (χ4n) is 4.86. The van der Waals surface area contributed by atoms with Crippen LogP contribution >= 0.6 is 0 Å². The van der Waals surface area contributed by atoms with Crippen molar-refractivity contribution in [3.8, 4) is 17.2 Å². The van der Waals surface area contributed by atoms with E-state index >= 15 is 0 Å². The first-order valence-corrected chi connectivity index (χ1v) is 14.3. The molecule has 0 aliphatic carbocycles. The summed E-state index contributed by atoms with van der Waals surface area (Å²) in [6, 6.07) is 44.2. The van der Waals surface area contributed by atoms with Gasteiger partial charge in [0.2, 0.25) is 0 Å². The zero-order chi connectivity index (χ0) is 29.9. The summed E-state index contributed by atoms with van der Waals surface area (Å²) in [5.74, 6) is 1.11. The van der Waals surface area contributed by atoms with E-state index in [4.69, 9.17) is 19.3 Å². The molecule has 1 N–H and O–H groups in total. The van der Waals surface area contributed by atoms with Gasteiger partial charge < -0.3 is 19.3 Å². The second kappa shape index (κ2) is 14.6. The average molecular weight is 571 g/mol. The summed E-state index contributed by atoms with van der Waals surface area (Å²) in [6.45, 7) is 2.77. The van der Waals surface area contributed by atoms with Crippen molar-refractivity contribution in [1.29, 1.82) is 0 Å². The molecule has 0 saturated carbocycles. The van der Waals surface area contributed by atoms with Crippen molar-refractivity contribution in [3.05, 3.63) is 161 Å². The van der Waals surface area contributed by atoms with E-state index in [0.717, 1.165) is 56.9 Å². The summed E-state index contributed by atoms with van der Waals surface area (Å²) in [5, 5.41) is 8.95. The molecule has 0 fully saturated rings. The van der Waals surface area contributed by atoms with Gasteiger partial charge in [-0.1, -0.05) is 104 Å². The van der Waals surface area contributed by atoms with Gasteiger partial charge in [0.25, 0.3) is 0 Å². The second-order valence-electron chi connectivity index (χ2n) is 10.0. The number of benzene rings is 5. The van der Waals surface area contributed by atoms with Gasteiger partial charge in [-0.05, 0) is 81.8 Å². The van der Waals surface area contributed by atoms with E-state index in [2.05, 4.69) is 31.2 Å². The SMILES string of the molecule is CCC(=C(c1ccc(OCc2ccccc2)cc1)c1ccc(OCc2ccccc2)cc1)c1ccc(OCC(=O)O)cc1. The summed E-state index contributed by atoms with van der Waals surface area (Å²) < 4.78 is 17.5. The fourth-order valence-corrected chi connectivity index (χ4v) is 4.86. The molecule has 0 heterocycles. The molecule has 0 amide bonds. The zero-order valence-corrected chi connectivity index (χ0v) is 24.1. The van der Waals surface area contributed by atoms with E-state index < -0.39 is 5.97 Å². The van der Waals surface area contributed by atoms with Crippen LogP contribution in [-0.2, 0) is 18.0 Å². The Hall–Kier alpha value is -5.29. The van der Waals surface area contributed by atoms with Crippen LogP contribution in [0, 0.1) is 0 Å². The van der Waals surface area contributed by atoms with Crippen LogP contribution in [0.4, 0.5) is 0 Å². The zero-order valence-electron chi connectivity index (χ0n) is 24.1. The molecule has 216 valence electrons. The maximum absolute atomic E-state index is 10.9. The molecule has 0 unspecified atom stereocenters. The van der Waals surface area contributed by atoms with E-state index in [-0.39, 0.29) is 6.61 Å². The lowest BCUT2D eigenvalue weighted by molar-refractivity contribution is -0.139. The number of hydrogen-bond acceptors (Lipinski definition) is 4. The summed E-state index contributed by atoms with van der Waals surface area (Å²) in [6.07, 6.45) is 0.781. The third-order valence-electron chi connectivity index (χ3n) is 7.00. The molecular formula is C38H34O5. The molecule has 0 bridgehead atoms. The smallest absolute Gasteiger partial charge is 0.341 e. The van der Waals surface area contributed by atoms with Gasteiger partial charge in [-0.15, -0.1) is 0 Å². The molecule has 5 aromatic carbocycles. The highest BCUT2D eigenvalue weighted by atomic mass is 16.5. The quantitative estimate of drug-likeness (QED) is 0.144. The van der Waals surface area contributed by atoms with Crippen LogP contribution in [0.3, 0.4) is 0 Å². The molecule has 0 saturated heterocycles. The van der Waals surface area contributed by atoms with Crippen molar-refractivity contribution in [3.63, 3.8) is 0 Å². The molecule has 43 heavy (non-hydrogen) atoms. The van der Waals surface area contributed by atoms with Crippen LogP contribution < -0.4 is 14.2 Å². The van der Waals surface area contributed by atoms with Crippen molar-refractivity contribution in [2.24, 2.45) is 0 Å². The van der Waals surface area contributed by atoms with E-state index in [0.29, 0.717) is 19.0 Å². The van der Waals surface area contributed by atoms with Crippen molar-refractivity contribution in [1.82, 2.24) is 0 Å². The number of allylic oxidation sites excluding steroid dienone is 1. The van der Waals surface area contributed by atoms with Crippen LogP contribution in [0.1, 0.15) is 41.2 Å². The van der Waals surface area contributed by atoms with Crippen LogP contribution in [-0.4, -0.2) is 17.7 Å². The maximum Gasteiger partial charge on any atom is 0.341 e. The first-order chi connectivity index (χ1) is 21.1. The number of carbonyl (C=O) groups is 1. The third kappa shape index (κ3) is 8.14. The van der Waals surface area contributed by atoms with Crippen molar-refractivity contribution in [2.45, 2.75) is 26.6 Å². The van der Waals surface area contributed by atoms with Gasteiger partial charge in [0.1, 0.15) is 30.5 Å². The van der Waals surface area contributed by atoms with Gasteiger partial charge in [-0.3, -0.25) is 0 Å². The van der Waals surface area contributed by atoms with Gasteiger partial charge in [0.05, 0.1) is 0 Å². The molecule has 0 aliphatic heterocycles. The standard InChI is InChI=1S/C38H34O5/c1-2-36(30-13-19-35(20-14-30)43-27-37(39)40)38(31-15-21-33(22-16-31)41-25-28-9-5-3-6-10-28)32-17-23-34(24-18-32)42-26-29-11-7-4-8-12-29/h3-24H,2,25-27H2,1H3,(H,39,40). The van der Waals surface area contributed by atoms with Gasteiger partial charge in [0, 0.05) is 0 Å². The molecule has 5 aromatic rings. The fraction of sp³-hybridized carbons (Fsp3) is 0.132. The molecule has 5 heteroatoms. The lowest BCUT2D eigenvalue weighted by Crippen LogP contribution is -2.09. The molecule has 5 nitrogen and oxygen atoms in total. The monoisotopic (exact) mass is 570 g/mol. The van der Waals surface area contributed by atoms with E-state index in [1.54, 1.807) is 0 Å². The maximum atomic E-state index is 10.9. The van der Waals surface area contributed by atoms with Crippen LogP contribution in [0.25, 0.3) is 11.1 Å². The number of carboxylic acid groups (broad SMARTS) is 1. The predicted octanol–water partition coefficient (Wildman–Crippen LogP) is 8.68. The average Bonchev–Trinajstić information content (AvgIpc) is 3.06. The Bertz CT molecular complexity index is 1530. The minimum absolute atomic E-state index is 0.377. The molecule has 0 atom stereocenters. The van der Waals surface area contributed by atoms with E-state index in [1.807, 2.05) is 109 Å². The number of ether oxygens (including phenoxy) is 3. The van der Waals surface area contributed by atoms with Crippen molar-refractivity contribution < 1.29 is 24.1 Å². The second-order valence-corrected chi connectivity index (χ2v) is 10.0. The number of aliphatic carboxylic acids is 1. The van der Waals surface area contributed by atoms with E-state index in [9.17, 15) is 4.79 Å². The third-order valence-corrected chi connectivity index (χ3v) is 7.00. The number of rotatable bonds is 13. The van der Waals surface area contributed by atoms with Crippen molar-refractivity contribution in [2.75, 3.05) is 6.61 Å². The molecule has 0 aliphatic rings. The first-order valence-electron chi connectivity index (χ1n) is 14.3. The van der Waals surface area contributed by atoms with Gasteiger partial charge in [-0.25, -0.2) is 4.79 Å². The molecule has 0 radical (unpaired) electrons. The van der Waals surface area contributed by atoms with Gasteiger partial charge in [-0.2, -0.15) is 0 Å². The molecule has 0 aromatic heterocycles. The highest BCUT2D eigenvalue weighted by molar-refractivity contribution is 5.98. The number of hydrogen-bond donors (Lipinski definition) is 1. The van der Waals surface area contributed by atoms with Gasteiger partial charge >= 0.3 is 5.97 Å². The summed E-state index contributed by atoms with van der Waals surface area (Å²) in [4.78, 5) is 10.9. The Morgan fingerprint density at radius 3 is 1.33 bits per heavy atom.